The first-order chi connectivity index (χ1) is 9.06. The highest BCUT2D eigenvalue weighted by molar-refractivity contribution is 5.86. The van der Waals surface area contributed by atoms with Gasteiger partial charge in [-0.05, 0) is 6.07 Å². The fourth-order valence-corrected chi connectivity index (χ4v) is 1.33. The van der Waals surface area contributed by atoms with Crippen LogP contribution in [0.4, 0.5) is 0 Å². The van der Waals surface area contributed by atoms with E-state index < -0.39 is 17.8 Å². The predicted molar refractivity (Wildman–Crippen MR) is 62.9 cm³/mol. The van der Waals surface area contributed by atoms with Crippen molar-refractivity contribution in [2.24, 2.45) is 0 Å². The van der Waals surface area contributed by atoms with Gasteiger partial charge >= 0.3 is 11.9 Å². The second kappa shape index (κ2) is 7.14. The maximum absolute atomic E-state index is 12.0. The predicted octanol–water partition coefficient (Wildman–Crippen LogP) is -0.873. The van der Waals surface area contributed by atoms with Crippen LogP contribution >= 0.6 is 0 Å². The summed E-state index contributed by atoms with van der Waals surface area (Å²) in [5.74, 6) is -1.62. The van der Waals surface area contributed by atoms with Gasteiger partial charge in [0.1, 0.15) is 13.1 Å². The largest absolute Gasteiger partial charge is 0.468 e. The van der Waals surface area contributed by atoms with E-state index in [1.165, 1.54) is 20.4 Å². The van der Waals surface area contributed by atoms with Crippen molar-refractivity contribution in [2.75, 3.05) is 27.3 Å². The van der Waals surface area contributed by atoms with Gasteiger partial charge in [-0.2, -0.15) is 5.10 Å². The van der Waals surface area contributed by atoms with Gasteiger partial charge in [0.25, 0.3) is 0 Å². The van der Waals surface area contributed by atoms with Gasteiger partial charge in [0, 0.05) is 11.9 Å². The van der Waals surface area contributed by atoms with E-state index in [2.05, 4.69) is 19.7 Å². The molecular weight excluding hydrogens is 254 g/mol. The van der Waals surface area contributed by atoms with Crippen LogP contribution in [-0.2, 0) is 30.3 Å². The quantitative estimate of drug-likeness (QED) is 0.673. The molecule has 0 atom stereocenters. The van der Waals surface area contributed by atoms with Gasteiger partial charge in [0.15, 0.2) is 0 Å². The fraction of sp³-hybridized carbons (Fsp3) is 0.455. The van der Waals surface area contributed by atoms with E-state index in [0.29, 0.717) is 5.69 Å². The Hall–Kier alpha value is -2.38. The topological polar surface area (TPSA) is 102 Å². The average molecular weight is 269 g/mol. The second-order valence-electron chi connectivity index (χ2n) is 3.66. The van der Waals surface area contributed by atoms with Crippen LogP contribution in [0.5, 0.6) is 0 Å². The standard InChI is InChI=1S/C11H15N3O5/c1-18-10(16)6-14(7-11(17)19-2)9(15)5-8-3-4-12-13-8/h3-4H,5-7H2,1-2H3,(H,12,13). The number of aromatic nitrogens is 2. The Morgan fingerprint density at radius 3 is 2.21 bits per heavy atom. The summed E-state index contributed by atoms with van der Waals surface area (Å²) >= 11 is 0. The SMILES string of the molecule is COC(=O)CN(CC(=O)OC)C(=O)Cc1ccn[nH]1. The minimum absolute atomic E-state index is 0.00793. The van der Waals surface area contributed by atoms with Crippen molar-refractivity contribution < 1.29 is 23.9 Å². The highest BCUT2D eigenvalue weighted by atomic mass is 16.5. The highest BCUT2D eigenvalue weighted by Gasteiger charge is 2.21. The van der Waals surface area contributed by atoms with Gasteiger partial charge in [-0.25, -0.2) is 0 Å². The molecular formula is C11H15N3O5. The van der Waals surface area contributed by atoms with Crippen molar-refractivity contribution in [1.29, 1.82) is 0 Å². The number of nitrogens with zero attached hydrogens (tertiary/aromatic N) is 2. The Morgan fingerprint density at radius 2 is 1.79 bits per heavy atom. The van der Waals surface area contributed by atoms with Crippen LogP contribution in [-0.4, -0.2) is 60.3 Å². The van der Waals surface area contributed by atoms with E-state index in [9.17, 15) is 14.4 Å². The molecule has 0 aliphatic carbocycles. The number of amides is 1. The monoisotopic (exact) mass is 269 g/mol. The maximum atomic E-state index is 12.0. The molecule has 1 rings (SSSR count). The summed E-state index contributed by atoms with van der Waals surface area (Å²) in [6.07, 6.45) is 1.52. The van der Waals surface area contributed by atoms with Gasteiger partial charge in [-0.1, -0.05) is 0 Å². The highest BCUT2D eigenvalue weighted by Crippen LogP contribution is 2.00. The zero-order valence-electron chi connectivity index (χ0n) is 10.7. The molecule has 1 heterocycles. The third kappa shape index (κ3) is 4.78. The third-order valence-electron chi connectivity index (χ3n) is 2.35. The van der Waals surface area contributed by atoms with E-state index in [1.54, 1.807) is 6.07 Å². The molecule has 1 N–H and O–H groups in total. The normalized spacial score (nSPS) is 9.79. The lowest BCUT2D eigenvalue weighted by atomic mass is 10.2. The molecule has 0 aliphatic heterocycles. The molecule has 8 nitrogen and oxygen atoms in total. The van der Waals surface area contributed by atoms with Gasteiger partial charge < -0.3 is 14.4 Å². The van der Waals surface area contributed by atoms with E-state index in [4.69, 9.17) is 0 Å². The lowest BCUT2D eigenvalue weighted by Gasteiger charge is -2.19. The number of aromatic amines is 1. The summed E-state index contributed by atoms with van der Waals surface area (Å²) in [4.78, 5) is 35.5. The zero-order chi connectivity index (χ0) is 14.3. The summed E-state index contributed by atoms with van der Waals surface area (Å²) in [5.41, 5.74) is 0.588. The molecule has 0 bridgehead atoms. The van der Waals surface area contributed by atoms with E-state index >= 15 is 0 Å². The molecule has 0 spiro atoms. The molecule has 1 amide bonds. The zero-order valence-corrected chi connectivity index (χ0v) is 10.7. The first-order valence-corrected chi connectivity index (χ1v) is 5.46. The number of carbonyl (C=O) groups is 3. The minimum Gasteiger partial charge on any atom is -0.468 e. The van der Waals surface area contributed by atoms with Crippen molar-refractivity contribution in [3.8, 4) is 0 Å². The Bertz CT molecular complexity index is 425. The first-order valence-electron chi connectivity index (χ1n) is 5.46. The summed E-state index contributed by atoms with van der Waals surface area (Å²) < 4.78 is 8.95. The molecule has 0 saturated carbocycles. The summed E-state index contributed by atoms with van der Waals surface area (Å²) in [5, 5.41) is 6.34. The molecule has 0 saturated heterocycles. The number of methoxy groups -OCH3 is 2. The molecule has 1 aromatic rings. The molecule has 1 aromatic heterocycles. The van der Waals surface area contributed by atoms with Crippen molar-refractivity contribution in [1.82, 2.24) is 15.1 Å². The fourth-order valence-electron chi connectivity index (χ4n) is 1.33. The van der Waals surface area contributed by atoms with Gasteiger partial charge in [0.05, 0.1) is 20.6 Å². The molecule has 0 unspecified atom stereocenters. The Labute approximate surface area is 109 Å². The Balaban J connectivity index is 2.68. The smallest absolute Gasteiger partial charge is 0.325 e. The van der Waals surface area contributed by atoms with Crippen molar-refractivity contribution in [3.63, 3.8) is 0 Å². The molecule has 104 valence electrons. The molecule has 8 heteroatoms. The Morgan fingerprint density at radius 1 is 1.21 bits per heavy atom. The van der Waals surface area contributed by atoms with Crippen LogP contribution < -0.4 is 0 Å². The number of H-pyrrole nitrogens is 1. The minimum atomic E-state index is -0.609. The van der Waals surface area contributed by atoms with E-state index in [-0.39, 0.29) is 19.5 Å². The van der Waals surface area contributed by atoms with Gasteiger partial charge in [-0.3, -0.25) is 19.5 Å². The molecule has 0 aromatic carbocycles. The number of hydrogen-bond acceptors (Lipinski definition) is 6. The lowest BCUT2D eigenvalue weighted by Crippen LogP contribution is -2.41. The Kier molecular flexibility index (Phi) is 5.52. The van der Waals surface area contributed by atoms with Crippen molar-refractivity contribution >= 4 is 17.8 Å². The van der Waals surface area contributed by atoms with Gasteiger partial charge in [-0.15, -0.1) is 0 Å². The average Bonchev–Trinajstić information content (AvgIpc) is 2.90. The number of hydrogen-bond donors (Lipinski definition) is 1. The van der Waals surface area contributed by atoms with Gasteiger partial charge in [0.2, 0.25) is 5.91 Å². The lowest BCUT2D eigenvalue weighted by molar-refractivity contribution is -0.151. The van der Waals surface area contributed by atoms with Crippen LogP contribution in [0, 0.1) is 0 Å². The van der Waals surface area contributed by atoms with Crippen LogP contribution in [0.2, 0.25) is 0 Å². The van der Waals surface area contributed by atoms with Crippen molar-refractivity contribution in [2.45, 2.75) is 6.42 Å². The second-order valence-corrected chi connectivity index (χ2v) is 3.66. The number of rotatable bonds is 6. The van der Waals surface area contributed by atoms with Crippen LogP contribution in [0.15, 0.2) is 12.3 Å². The van der Waals surface area contributed by atoms with E-state index in [0.717, 1.165) is 4.90 Å². The summed E-state index contributed by atoms with van der Waals surface area (Å²) in [7, 11) is 2.41. The number of nitrogens with one attached hydrogen (secondary N) is 1. The number of ether oxygens (including phenoxy) is 2. The van der Waals surface area contributed by atoms with Crippen LogP contribution in [0.25, 0.3) is 0 Å². The molecule has 0 aliphatic rings. The van der Waals surface area contributed by atoms with Crippen LogP contribution in [0.1, 0.15) is 5.69 Å². The first kappa shape index (κ1) is 14.7. The molecule has 0 fully saturated rings. The number of carbonyl (C=O) groups excluding carboxylic acids is 3. The van der Waals surface area contributed by atoms with Crippen molar-refractivity contribution in [3.05, 3.63) is 18.0 Å². The van der Waals surface area contributed by atoms with Crippen LogP contribution in [0.3, 0.4) is 0 Å². The molecule has 19 heavy (non-hydrogen) atoms. The van der Waals surface area contributed by atoms with E-state index in [1.807, 2.05) is 0 Å². The third-order valence-corrected chi connectivity index (χ3v) is 2.35. The summed E-state index contributed by atoms with van der Waals surface area (Å²) in [6, 6.07) is 1.63. The maximum Gasteiger partial charge on any atom is 0.325 e. The summed E-state index contributed by atoms with van der Waals surface area (Å²) in [6.45, 7) is -0.614. The number of esters is 2. The molecule has 0 radical (unpaired) electrons.